The van der Waals surface area contributed by atoms with Gasteiger partial charge in [0.25, 0.3) is 0 Å². The lowest BCUT2D eigenvalue weighted by Crippen LogP contribution is -2.20. The van der Waals surface area contributed by atoms with Crippen LogP contribution in [0.1, 0.15) is 17.0 Å². The van der Waals surface area contributed by atoms with Crippen molar-refractivity contribution < 1.29 is 13.2 Å². The van der Waals surface area contributed by atoms with Crippen LogP contribution in [0, 0.1) is 0 Å². The maximum atomic E-state index is 13.0. The molecule has 1 aromatic heterocycles. The van der Waals surface area contributed by atoms with Gasteiger partial charge in [0.05, 0.1) is 23.1 Å². The highest BCUT2D eigenvalue weighted by molar-refractivity contribution is 5.77. The molecule has 0 aliphatic carbocycles. The van der Waals surface area contributed by atoms with Crippen LogP contribution in [0.15, 0.2) is 61.2 Å². The van der Waals surface area contributed by atoms with Gasteiger partial charge in [0.2, 0.25) is 0 Å². The summed E-state index contributed by atoms with van der Waals surface area (Å²) in [5.41, 5.74) is 1.52. The standard InChI is InChI=1S/C20H20F3N3/c1-3-11-26-18-10-9-16(20(21,22)23)12-17(18)24-19(26)14-25(2)13-15-7-5-4-6-8-15/h3-10,12H,1,11,13-14H2,2H3. The van der Waals surface area contributed by atoms with E-state index < -0.39 is 11.7 Å². The number of rotatable bonds is 6. The van der Waals surface area contributed by atoms with Crippen LogP contribution in [0.4, 0.5) is 13.2 Å². The quantitative estimate of drug-likeness (QED) is 0.585. The smallest absolute Gasteiger partial charge is 0.323 e. The van der Waals surface area contributed by atoms with Crippen molar-refractivity contribution in [3.05, 3.63) is 78.1 Å². The third kappa shape index (κ3) is 3.96. The Morgan fingerprint density at radius 2 is 1.85 bits per heavy atom. The van der Waals surface area contributed by atoms with Gasteiger partial charge in [0.1, 0.15) is 5.82 Å². The highest BCUT2D eigenvalue weighted by atomic mass is 19.4. The Morgan fingerprint density at radius 1 is 1.12 bits per heavy atom. The SMILES string of the molecule is C=CCn1c(CN(C)Cc2ccccc2)nc2cc(C(F)(F)F)ccc21. The molecule has 136 valence electrons. The van der Waals surface area contributed by atoms with E-state index in [0.717, 1.165) is 24.5 Å². The van der Waals surface area contributed by atoms with Crippen LogP contribution in [0.3, 0.4) is 0 Å². The fourth-order valence-electron chi connectivity index (χ4n) is 3.00. The average Bonchev–Trinajstić information content (AvgIpc) is 2.92. The summed E-state index contributed by atoms with van der Waals surface area (Å²) in [4.78, 5) is 6.54. The highest BCUT2D eigenvalue weighted by Crippen LogP contribution is 2.31. The number of allylic oxidation sites excluding steroid dienone is 1. The molecule has 0 saturated carbocycles. The van der Waals surface area contributed by atoms with Crippen LogP contribution >= 0.6 is 0 Å². The van der Waals surface area contributed by atoms with Crippen LogP contribution < -0.4 is 0 Å². The first-order chi connectivity index (χ1) is 12.4. The van der Waals surface area contributed by atoms with Gasteiger partial charge in [0, 0.05) is 13.1 Å². The predicted octanol–water partition coefficient (Wildman–Crippen LogP) is 4.87. The van der Waals surface area contributed by atoms with Crippen molar-refractivity contribution in [3.8, 4) is 0 Å². The molecular weight excluding hydrogens is 339 g/mol. The van der Waals surface area contributed by atoms with Gasteiger partial charge in [-0.3, -0.25) is 4.90 Å². The molecule has 3 rings (SSSR count). The summed E-state index contributed by atoms with van der Waals surface area (Å²) >= 11 is 0. The summed E-state index contributed by atoms with van der Waals surface area (Å²) in [7, 11) is 1.96. The van der Waals surface area contributed by atoms with Gasteiger partial charge < -0.3 is 4.57 Å². The Morgan fingerprint density at radius 3 is 2.50 bits per heavy atom. The highest BCUT2D eigenvalue weighted by Gasteiger charge is 2.31. The van der Waals surface area contributed by atoms with Gasteiger partial charge in [-0.2, -0.15) is 13.2 Å². The fourth-order valence-corrected chi connectivity index (χ4v) is 3.00. The first kappa shape index (κ1) is 18.2. The van der Waals surface area contributed by atoms with Gasteiger partial charge in [0.15, 0.2) is 0 Å². The van der Waals surface area contributed by atoms with Crippen LogP contribution in [0.2, 0.25) is 0 Å². The van der Waals surface area contributed by atoms with Gasteiger partial charge >= 0.3 is 6.18 Å². The largest absolute Gasteiger partial charge is 0.416 e. The zero-order chi connectivity index (χ0) is 18.7. The molecule has 2 aromatic carbocycles. The van der Waals surface area contributed by atoms with Crippen molar-refractivity contribution in [3.63, 3.8) is 0 Å². The van der Waals surface area contributed by atoms with E-state index in [1.54, 1.807) is 6.08 Å². The summed E-state index contributed by atoms with van der Waals surface area (Å²) in [6.45, 7) is 5.50. The van der Waals surface area contributed by atoms with E-state index in [9.17, 15) is 13.2 Å². The maximum Gasteiger partial charge on any atom is 0.416 e. The van der Waals surface area contributed by atoms with Crippen molar-refractivity contribution in [2.75, 3.05) is 7.05 Å². The van der Waals surface area contributed by atoms with E-state index in [2.05, 4.69) is 16.5 Å². The van der Waals surface area contributed by atoms with Crippen molar-refractivity contribution >= 4 is 11.0 Å². The third-order valence-corrected chi connectivity index (χ3v) is 4.17. The summed E-state index contributed by atoms with van der Waals surface area (Å²) < 4.78 is 40.8. The molecule has 3 aromatic rings. The van der Waals surface area contributed by atoms with Crippen molar-refractivity contribution in [2.24, 2.45) is 0 Å². The molecule has 0 amide bonds. The molecule has 3 nitrogen and oxygen atoms in total. The first-order valence-electron chi connectivity index (χ1n) is 8.28. The third-order valence-electron chi connectivity index (χ3n) is 4.17. The van der Waals surface area contributed by atoms with E-state index in [1.807, 2.05) is 41.9 Å². The summed E-state index contributed by atoms with van der Waals surface area (Å²) in [6.07, 6.45) is -2.65. The summed E-state index contributed by atoms with van der Waals surface area (Å²) in [6, 6.07) is 13.7. The predicted molar refractivity (Wildman–Crippen MR) is 96.5 cm³/mol. The molecule has 0 aliphatic rings. The second-order valence-electron chi connectivity index (χ2n) is 6.29. The van der Waals surface area contributed by atoms with E-state index in [-0.39, 0.29) is 0 Å². The Balaban J connectivity index is 1.91. The average molecular weight is 359 g/mol. The molecule has 1 heterocycles. The molecule has 0 bridgehead atoms. The Labute approximate surface area is 150 Å². The molecule has 26 heavy (non-hydrogen) atoms. The maximum absolute atomic E-state index is 13.0. The topological polar surface area (TPSA) is 21.1 Å². The molecule has 0 fully saturated rings. The summed E-state index contributed by atoms with van der Waals surface area (Å²) in [5, 5.41) is 0. The minimum atomic E-state index is -4.37. The Kier molecular flexibility index (Phi) is 5.13. The molecule has 0 atom stereocenters. The van der Waals surface area contributed by atoms with E-state index in [0.29, 0.717) is 24.1 Å². The number of aromatic nitrogens is 2. The summed E-state index contributed by atoms with van der Waals surface area (Å²) in [5.74, 6) is 0.720. The lowest BCUT2D eigenvalue weighted by Gasteiger charge is -2.17. The lowest BCUT2D eigenvalue weighted by molar-refractivity contribution is -0.137. The molecule has 0 saturated heterocycles. The van der Waals surface area contributed by atoms with Gasteiger partial charge in [-0.25, -0.2) is 4.98 Å². The number of benzene rings is 2. The monoisotopic (exact) mass is 359 g/mol. The number of alkyl halides is 3. The minimum Gasteiger partial charge on any atom is -0.323 e. The zero-order valence-corrected chi connectivity index (χ0v) is 14.5. The second kappa shape index (κ2) is 7.33. The van der Waals surface area contributed by atoms with Crippen LogP contribution in [0.25, 0.3) is 11.0 Å². The fraction of sp³-hybridized carbons (Fsp3) is 0.250. The van der Waals surface area contributed by atoms with E-state index in [4.69, 9.17) is 0 Å². The Hall–Kier alpha value is -2.60. The zero-order valence-electron chi connectivity index (χ0n) is 14.5. The van der Waals surface area contributed by atoms with Crippen LogP contribution in [0.5, 0.6) is 0 Å². The van der Waals surface area contributed by atoms with Crippen molar-refractivity contribution in [2.45, 2.75) is 25.8 Å². The number of halogens is 3. The molecular formula is C20H20F3N3. The molecule has 0 aliphatic heterocycles. The molecule has 0 N–H and O–H groups in total. The number of hydrogen-bond donors (Lipinski definition) is 0. The molecule has 0 radical (unpaired) electrons. The number of imidazole rings is 1. The Bertz CT molecular complexity index is 898. The van der Waals surface area contributed by atoms with Crippen molar-refractivity contribution in [1.82, 2.24) is 14.5 Å². The normalized spacial score (nSPS) is 12.0. The molecule has 6 heteroatoms. The van der Waals surface area contributed by atoms with Gasteiger partial charge in [-0.05, 0) is 30.8 Å². The van der Waals surface area contributed by atoms with E-state index >= 15 is 0 Å². The van der Waals surface area contributed by atoms with Crippen LogP contribution in [-0.2, 0) is 25.8 Å². The minimum absolute atomic E-state index is 0.352. The van der Waals surface area contributed by atoms with Crippen molar-refractivity contribution in [1.29, 1.82) is 0 Å². The lowest BCUT2D eigenvalue weighted by atomic mass is 10.2. The van der Waals surface area contributed by atoms with Crippen LogP contribution in [-0.4, -0.2) is 21.5 Å². The first-order valence-corrected chi connectivity index (χ1v) is 8.28. The van der Waals surface area contributed by atoms with E-state index in [1.165, 1.54) is 11.6 Å². The molecule has 0 unspecified atom stereocenters. The van der Waals surface area contributed by atoms with Gasteiger partial charge in [-0.1, -0.05) is 36.4 Å². The van der Waals surface area contributed by atoms with Gasteiger partial charge in [-0.15, -0.1) is 6.58 Å². The number of nitrogens with zero attached hydrogens (tertiary/aromatic N) is 3. The number of hydrogen-bond acceptors (Lipinski definition) is 2. The second-order valence-corrected chi connectivity index (χ2v) is 6.29. The number of fused-ring (bicyclic) bond motifs is 1. The molecule has 0 spiro atoms.